The van der Waals surface area contributed by atoms with Crippen LogP contribution in [0.15, 0.2) is 41.5 Å². The predicted octanol–water partition coefficient (Wildman–Crippen LogP) is 3.58. The van der Waals surface area contributed by atoms with E-state index < -0.39 is 36.5 Å². The van der Waals surface area contributed by atoms with Gasteiger partial charge in [0.1, 0.15) is 12.4 Å². The van der Waals surface area contributed by atoms with E-state index in [2.05, 4.69) is 9.84 Å². The molecule has 2 atom stereocenters. The first-order chi connectivity index (χ1) is 14.7. The Bertz CT molecular complexity index is 1050. The molecule has 0 radical (unpaired) electrons. The van der Waals surface area contributed by atoms with Crippen LogP contribution in [-0.2, 0) is 11.2 Å². The first-order valence-electron chi connectivity index (χ1n) is 9.45. The second kappa shape index (κ2) is 7.84. The van der Waals surface area contributed by atoms with Gasteiger partial charge in [-0.25, -0.2) is 9.40 Å². The Morgan fingerprint density at radius 1 is 1.26 bits per heavy atom. The number of amides is 1. The molecule has 0 fully saturated rings. The maximum Gasteiger partial charge on any atom is 0.573 e. The van der Waals surface area contributed by atoms with Crippen LogP contribution in [0.4, 0.5) is 17.6 Å². The minimum absolute atomic E-state index is 0.254. The van der Waals surface area contributed by atoms with Gasteiger partial charge < -0.3 is 14.6 Å². The molecule has 1 heterocycles. The summed E-state index contributed by atoms with van der Waals surface area (Å²) in [7, 11) is 1.52. The van der Waals surface area contributed by atoms with Gasteiger partial charge in [-0.05, 0) is 48.2 Å². The van der Waals surface area contributed by atoms with Crippen molar-refractivity contribution >= 4 is 11.6 Å². The lowest BCUT2D eigenvalue weighted by molar-refractivity contribution is -0.275. The van der Waals surface area contributed by atoms with Crippen LogP contribution >= 0.6 is 0 Å². The number of carbonyl (C=O) groups excluding carboxylic acids is 1. The summed E-state index contributed by atoms with van der Waals surface area (Å²) < 4.78 is 60.7. The number of aryl methyl sites for hydroxylation is 1. The molecule has 1 aliphatic carbocycles. The van der Waals surface area contributed by atoms with Gasteiger partial charge in [0.25, 0.3) is 5.91 Å². The second-order valence-corrected chi connectivity index (χ2v) is 7.23. The lowest BCUT2D eigenvalue weighted by atomic mass is 9.77. The molecule has 0 spiro atoms. The van der Waals surface area contributed by atoms with E-state index in [1.54, 1.807) is 6.07 Å². The van der Waals surface area contributed by atoms with E-state index in [9.17, 15) is 27.5 Å². The highest BCUT2D eigenvalue weighted by molar-refractivity contribution is 6.07. The second-order valence-electron chi connectivity index (χ2n) is 7.23. The van der Waals surface area contributed by atoms with E-state index in [0.29, 0.717) is 24.3 Å². The number of benzene rings is 2. The minimum Gasteiger partial charge on any atom is -0.497 e. The van der Waals surface area contributed by atoms with Crippen molar-refractivity contribution in [2.75, 3.05) is 13.7 Å². The van der Waals surface area contributed by atoms with E-state index in [-0.39, 0.29) is 11.5 Å². The average Bonchev–Trinajstić information content (AvgIpc) is 3.13. The molecule has 1 aliphatic heterocycles. The number of carbonyl (C=O) groups is 1. The van der Waals surface area contributed by atoms with Crippen molar-refractivity contribution in [3.8, 4) is 11.5 Å². The topological polar surface area (TPSA) is 71.4 Å². The lowest BCUT2D eigenvalue weighted by Gasteiger charge is -2.29. The Hall–Kier alpha value is -3.14. The number of rotatable bonds is 4. The van der Waals surface area contributed by atoms with Gasteiger partial charge in [0.2, 0.25) is 0 Å². The molecule has 2 aliphatic rings. The average molecular weight is 438 g/mol. The SMILES string of the molecule is COc1ccc2c(c1)C1=NN(C(=O)CO)[C@@H](c3ccc(OC(F)(F)F)c(F)c3)[C@H]1CC2. The highest BCUT2D eigenvalue weighted by Crippen LogP contribution is 2.44. The predicted molar refractivity (Wildman–Crippen MR) is 101 cm³/mol. The Kier molecular flexibility index (Phi) is 5.34. The van der Waals surface area contributed by atoms with Crippen LogP contribution in [0.3, 0.4) is 0 Å². The molecule has 0 saturated carbocycles. The largest absolute Gasteiger partial charge is 0.573 e. The molecule has 31 heavy (non-hydrogen) atoms. The number of alkyl halides is 3. The summed E-state index contributed by atoms with van der Waals surface area (Å²) >= 11 is 0. The van der Waals surface area contributed by atoms with Gasteiger partial charge in [-0.3, -0.25) is 4.79 Å². The molecule has 2 aromatic carbocycles. The van der Waals surface area contributed by atoms with Crippen molar-refractivity contribution < 1.29 is 36.9 Å². The lowest BCUT2D eigenvalue weighted by Crippen LogP contribution is -2.33. The molecule has 1 amide bonds. The summed E-state index contributed by atoms with van der Waals surface area (Å²) in [5, 5.41) is 14.9. The first-order valence-corrected chi connectivity index (χ1v) is 9.45. The molecule has 6 nitrogen and oxygen atoms in total. The van der Waals surface area contributed by atoms with E-state index in [0.717, 1.165) is 28.3 Å². The number of methoxy groups -OCH3 is 1. The number of fused-ring (bicyclic) bond motifs is 3. The van der Waals surface area contributed by atoms with Crippen molar-refractivity contribution in [1.82, 2.24) is 5.01 Å². The Labute approximate surface area is 174 Å². The molecule has 4 rings (SSSR count). The zero-order valence-corrected chi connectivity index (χ0v) is 16.3. The zero-order chi connectivity index (χ0) is 22.3. The number of hydrogen-bond donors (Lipinski definition) is 1. The molecule has 2 aromatic rings. The first kappa shape index (κ1) is 21.1. The van der Waals surface area contributed by atoms with Crippen LogP contribution in [0.5, 0.6) is 11.5 Å². The van der Waals surface area contributed by atoms with Crippen LogP contribution in [0.2, 0.25) is 0 Å². The van der Waals surface area contributed by atoms with Crippen LogP contribution in [0.25, 0.3) is 0 Å². The fraction of sp³-hybridized carbons (Fsp3) is 0.333. The van der Waals surface area contributed by atoms with Crippen molar-refractivity contribution in [2.24, 2.45) is 11.0 Å². The summed E-state index contributed by atoms with van der Waals surface area (Å²) in [6.45, 7) is -0.817. The van der Waals surface area contributed by atoms with Gasteiger partial charge in [0, 0.05) is 11.5 Å². The maximum absolute atomic E-state index is 14.4. The highest BCUT2D eigenvalue weighted by Gasteiger charge is 2.44. The van der Waals surface area contributed by atoms with Crippen molar-refractivity contribution in [3.63, 3.8) is 0 Å². The number of nitrogens with zero attached hydrogens (tertiary/aromatic N) is 2. The quantitative estimate of drug-likeness (QED) is 0.741. The van der Waals surface area contributed by atoms with E-state index in [1.165, 1.54) is 13.2 Å². The molecule has 0 saturated heterocycles. The van der Waals surface area contributed by atoms with Crippen LogP contribution in [-0.4, -0.2) is 41.8 Å². The molecular formula is C21H18F4N2O4. The summed E-state index contributed by atoms with van der Waals surface area (Å²) in [6.07, 6.45) is -3.78. The van der Waals surface area contributed by atoms with Gasteiger partial charge in [-0.15, -0.1) is 13.2 Å². The standard InChI is InChI=1S/C21H18F4N2O4/c1-30-13-5-2-11-3-6-14-19(15(11)9-13)26-27(18(29)10-28)20(14)12-4-7-17(16(22)8-12)31-21(23,24)25/h2,4-5,7-9,14,20,28H,3,6,10H2,1H3/t14-,20-/m0/s1. The summed E-state index contributed by atoms with van der Waals surface area (Å²) in [4.78, 5) is 12.4. The molecular weight excluding hydrogens is 420 g/mol. The highest BCUT2D eigenvalue weighted by atomic mass is 19.4. The van der Waals surface area contributed by atoms with E-state index in [1.807, 2.05) is 12.1 Å². The smallest absolute Gasteiger partial charge is 0.497 e. The van der Waals surface area contributed by atoms with Gasteiger partial charge in [-0.1, -0.05) is 12.1 Å². The van der Waals surface area contributed by atoms with Crippen molar-refractivity contribution in [2.45, 2.75) is 25.2 Å². The van der Waals surface area contributed by atoms with Crippen molar-refractivity contribution in [3.05, 3.63) is 58.9 Å². The summed E-state index contributed by atoms with van der Waals surface area (Å²) in [5.41, 5.74) is 2.63. The monoisotopic (exact) mass is 438 g/mol. The number of halogens is 4. The van der Waals surface area contributed by atoms with Crippen molar-refractivity contribution in [1.29, 1.82) is 0 Å². The van der Waals surface area contributed by atoms with E-state index in [4.69, 9.17) is 4.74 Å². The number of ether oxygens (including phenoxy) is 2. The van der Waals surface area contributed by atoms with Crippen LogP contribution in [0.1, 0.15) is 29.2 Å². The molecule has 0 unspecified atom stereocenters. The maximum atomic E-state index is 14.4. The third-order valence-electron chi connectivity index (χ3n) is 5.44. The van der Waals surface area contributed by atoms with Gasteiger partial charge in [0.05, 0.1) is 18.9 Å². The molecule has 1 N–H and O–H groups in total. The summed E-state index contributed by atoms with van der Waals surface area (Å²) in [5.74, 6) is -2.60. The third kappa shape index (κ3) is 3.95. The normalized spacial score (nSPS) is 20.1. The fourth-order valence-electron chi connectivity index (χ4n) is 4.14. The van der Waals surface area contributed by atoms with Crippen LogP contribution in [0, 0.1) is 11.7 Å². The van der Waals surface area contributed by atoms with Crippen LogP contribution < -0.4 is 9.47 Å². The molecule has 10 heteroatoms. The molecule has 0 bridgehead atoms. The Morgan fingerprint density at radius 3 is 2.68 bits per heavy atom. The van der Waals surface area contributed by atoms with E-state index >= 15 is 0 Å². The number of aliphatic hydroxyl groups excluding tert-OH is 1. The Morgan fingerprint density at radius 2 is 2.03 bits per heavy atom. The number of hydrogen-bond acceptors (Lipinski definition) is 5. The van der Waals surface area contributed by atoms with Gasteiger partial charge in [0.15, 0.2) is 11.6 Å². The molecule has 164 valence electrons. The van der Waals surface area contributed by atoms with Gasteiger partial charge in [-0.2, -0.15) is 5.10 Å². The fourth-order valence-corrected chi connectivity index (χ4v) is 4.14. The number of hydrazone groups is 1. The minimum atomic E-state index is -5.03. The zero-order valence-electron chi connectivity index (χ0n) is 16.3. The molecule has 0 aromatic heterocycles. The third-order valence-corrected chi connectivity index (χ3v) is 5.44. The summed E-state index contributed by atoms with van der Waals surface area (Å²) in [6, 6.07) is 7.79. The van der Waals surface area contributed by atoms with Gasteiger partial charge >= 0.3 is 6.36 Å². The number of aliphatic hydroxyl groups is 1. The Balaban J connectivity index is 1.74.